The number of ether oxygens (including phenoxy) is 1. The summed E-state index contributed by atoms with van der Waals surface area (Å²) in [5.74, 6) is -0.424. The van der Waals surface area contributed by atoms with E-state index in [1.54, 1.807) is 36.5 Å². The highest BCUT2D eigenvalue weighted by Gasteiger charge is 2.22. The molecule has 1 aromatic carbocycles. The van der Waals surface area contributed by atoms with E-state index in [1.807, 2.05) is 13.8 Å². The minimum Gasteiger partial charge on any atom is -0.475 e. The molecule has 0 aliphatic rings. The van der Waals surface area contributed by atoms with Crippen molar-refractivity contribution < 1.29 is 22.4 Å². The van der Waals surface area contributed by atoms with Gasteiger partial charge in [-0.3, -0.25) is 4.79 Å². The van der Waals surface area contributed by atoms with E-state index in [4.69, 9.17) is 9.15 Å². The Morgan fingerprint density at radius 2 is 1.86 bits per heavy atom. The van der Waals surface area contributed by atoms with Gasteiger partial charge in [0.1, 0.15) is 0 Å². The number of carbonyl (C=O) groups is 1. The normalized spacial score (nSPS) is 11.4. The molecule has 29 heavy (non-hydrogen) atoms. The summed E-state index contributed by atoms with van der Waals surface area (Å²) in [6, 6.07) is 13.1. The van der Waals surface area contributed by atoms with Gasteiger partial charge in [-0.2, -0.15) is 0 Å². The van der Waals surface area contributed by atoms with Crippen molar-refractivity contribution in [2.45, 2.75) is 37.1 Å². The number of nitrogens with one attached hydrogen (secondary N) is 1. The first-order chi connectivity index (χ1) is 13.9. The van der Waals surface area contributed by atoms with Gasteiger partial charge in [0, 0.05) is 23.9 Å². The Balaban J connectivity index is 1.72. The molecule has 152 valence electrons. The second kappa shape index (κ2) is 8.91. The minimum atomic E-state index is -3.60. The van der Waals surface area contributed by atoms with Crippen molar-refractivity contribution in [2.75, 3.05) is 0 Å². The molecule has 1 N–H and O–H groups in total. The number of benzene rings is 1. The van der Waals surface area contributed by atoms with Crippen LogP contribution in [0.15, 0.2) is 70.3 Å². The van der Waals surface area contributed by atoms with Crippen LogP contribution in [-0.2, 0) is 22.1 Å². The fourth-order valence-corrected chi connectivity index (χ4v) is 4.08. The third kappa shape index (κ3) is 5.23. The zero-order chi connectivity index (χ0) is 20.9. The Kier molecular flexibility index (Phi) is 6.33. The van der Waals surface area contributed by atoms with Crippen LogP contribution >= 0.6 is 0 Å². The van der Waals surface area contributed by atoms with E-state index in [1.165, 1.54) is 24.5 Å². The van der Waals surface area contributed by atoms with Crippen molar-refractivity contribution in [3.8, 4) is 5.88 Å². The highest BCUT2D eigenvalue weighted by atomic mass is 32.2. The van der Waals surface area contributed by atoms with Crippen LogP contribution in [0.5, 0.6) is 5.88 Å². The van der Waals surface area contributed by atoms with Crippen LogP contribution in [0.3, 0.4) is 0 Å². The molecule has 2 aromatic heterocycles. The molecule has 0 radical (unpaired) electrons. The average Bonchev–Trinajstić information content (AvgIpc) is 3.15. The first-order valence-electron chi connectivity index (χ1n) is 9.10. The zero-order valence-corrected chi connectivity index (χ0v) is 17.0. The Morgan fingerprint density at radius 1 is 1.10 bits per heavy atom. The third-order valence-corrected chi connectivity index (χ3v) is 5.72. The number of hydrogen-bond donors (Lipinski definition) is 1. The lowest BCUT2D eigenvalue weighted by molar-refractivity contribution is 0.0921. The topological polar surface area (TPSA) is 98.5 Å². The summed E-state index contributed by atoms with van der Waals surface area (Å²) in [5.41, 5.74) is 1.01. The van der Waals surface area contributed by atoms with E-state index in [0.717, 1.165) is 0 Å². The van der Waals surface area contributed by atoms with Crippen LogP contribution in [0.25, 0.3) is 0 Å². The lowest BCUT2D eigenvalue weighted by Gasteiger charge is -2.13. The molecule has 0 saturated heterocycles. The van der Waals surface area contributed by atoms with Crippen LogP contribution in [-0.4, -0.2) is 25.4 Å². The van der Waals surface area contributed by atoms with E-state index < -0.39 is 15.7 Å². The van der Waals surface area contributed by atoms with Crippen molar-refractivity contribution in [3.63, 3.8) is 0 Å². The van der Waals surface area contributed by atoms with Gasteiger partial charge in [-0.05, 0) is 38.1 Å². The van der Waals surface area contributed by atoms with Gasteiger partial charge in [0.25, 0.3) is 5.91 Å². The Morgan fingerprint density at radius 3 is 2.59 bits per heavy atom. The Hall–Kier alpha value is -3.13. The van der Waals surface area contributed by atoms with Gasteiger partial charge in [0.15, 0.2) is 15.6 Å². The monoisotopic (exact) mass is 414 g/mol. The SMILES string of the molecule is CC(C)Oc1ncccc1CNC(=O)c1occc1CS(=O)(=O)c1ccccc1. The van der Waals surface area contributed by atoms with E-state index in [0.29, 0.717) is 17.0 Å². The summed E-state index contributed by atoms with van der Waals surface area (Å²) in [6.07, 6.45) is 2.86. The second-order valence-corrected chi connectivity index (χ2v) is 8.65. The van der Waals surface area contributed by atoms with Gasteiger partial charge in [-0.1, -0.05) is 24.3 Å². The predicted molar refractivity (Wildman–Crippen MR) is 107 cm³/mol. The Bertz CT molecular complexity index is 1080. The standard InChI is InChI=1S/C21H22N2O5S/c1-15(2)28-21-16(7-6-11-22-21)13-23-20(24)19-17(10-12-27-19)14-29(25,26)18-8-4-3-5-9-18/h3-12,15H,13-14H2,1-2H3,(H,23,24). The van der Waals surface area contributed by atoms with Gasteiger partial charge in [-0.15, -0.1) is 0 Å². The molecule has 0 fully saturated rings. The molecule has 8 heteroatoms. The highest BCUT2D eigenvalue weighted by molar-refractivity contribution is 7.90. The zero-order valence-electron chi connectivity index (χ0n) is 16.2. The first-order valence-corrected chi connectivity index (χ1v) is 10.7. The van der Waals surface area contributed by atoms with Gasteiger partial charge in [-0.25, -0.2) is 13.4 Å². The van der Waals surface area contributed by atoms with E-state index in [2.05, 4.69) is 10.3 Å². The minimum absolute atomic E-state index is 0.0280. The molecule has 2 heterocycles. The summed E-state index contributed by atoms with van der Waals surface area (Å²) < 4.78 is 36.1. The van der Waals surface area contributed by atoms with Crippen molar-refractivity contribution >= 4 is 15.7 Å². The molecule has 7 nitrogen and oxygen atoms in total. The van der Waals surface area contributed by atoms with Gasteiger partial charge >= 0.3 is 0 Å². The maximum Gasteiger partial charge on any atom is 0.287 e. The van der Waals surface area contributed by atoms with Crippen LogP contribution in [0, 0.1) is 0 Å². The fourth-order valence-electron chi connectivity index (χ4n) is 2.71. The maximum atomic E-state index is 12.6. The molecular formula is C21H22N2O5S. The number of amides is 1. The van der Waals surface area contributed by atoms with Crippen LogP contribution < -0.4 is 10.1 Å². The number of pyridine rings is 1. The molecule has 0 spiro atoms. The number of hydrogen-bond acceptors (Lipinski definition) is 6. The summed E-state index contributed by atoms with van der Waals surface area (Å²) >= 11 is 0. The van der Waals surface area contributed by atoms with E-state index in [-0.39, 0.29) is 29.1 Å². The van der Waals surface area contributed by atoms with Crippen molar-refractivity contribution in [1.29, 1.82) is 0 Å². The predicted octanol–water partition coefficient (Wildman–Crippen LogP) is 3.37. The second-order valence-electron chi connectivity index (χ2n) is 6.66. The first kappa shape index (κ1) is 20.6. The van der Waals surface area contributed by atoms with Crippen molar-refractivity contribution in [1.82, 2.24) is 10.3 Å². The van der Waals surface area contributed by atoms with E-state index in [9.17, 15) is 13.2 Å². The number of aromatic nitrogens is 1. The molecule has 3 rings (SSSR count). The van der Waals surface area contributed by atoms with Gasteiger partial charge < -0.3 is 14.5 Å². The average molecular weight is 414 g/mol. The highest BCUT2D eigenvalue weighted by Crippen LogP contribution is 2.21. The van der Waals surface area contributed by atoms with Crippen LogP contribution in [0.1, 0.15) is 35.5 Å². The van der Waals surface area contributed by atoms with Gasteiger partial charge in [0.05, 0.1) is 23.0 Å². The molecule has 0 atom stereocenters. The summed E-state index contributed by atoms with van der Waals surface area (Å²) in [7, 11) is -3.60. The quantitative estimate of drug-likeness (QED) is 0.607. The molecule has 0 bridgehead atoms. The molecule has 3 aromatic rings. The van der Waals surface area contributed by atoms with Crippen molar-refractivity contribution in [3.05, 3.63) is 77.9 Å². The molecule has 0 saturated carbocycles. The third-order valence-electron chi connectivity index (χ3n) is 4.04. The largest absolute Gasteiger partial charge is 0.475 e. The number of sulfone groups is 1. The molecule has 0 aliphatic carbocycles. The number of furan rings is 1. The van der Waals surface area contributed by atoms with Crippen LogP contribution in [0.4, 0.5) is 0 Å². The van der Waals surface area contributed by atoms with E-state index >= 15 is 0 Å². The fraction of sp³-hybridized carbons (Fsp3) is 0.238. The van der Waals surface area contributed by atoms with Gasteiger partial charge in [0.2, 0.25) is 5.88 Å². The molecule has 1 amide bonds. The molecular weight excluding hydrogens is 392 g/mol. The summed E-state index contributed by atoms with van der Waals surface area (Å²) in [4.78, 5) is 17.0. The summed E-state index contributed by atoms with van der Waals surface area (Å²) in [5, 5.41) is 2.73. The number of carbonyl (C=O) groups excluding carboxylic acids is 1. The van der Waals surface area contributed by atoms with Crippen LogP contribution in [0.2, 0.25) is 0 Å². The lowest BCUT2D eigenvalue weighted by Crippen LogP contribution is -2.24. The summed E-state index contributed by atoms with van der Waals surface area (Å²) in [6.45, 7) is 3.94. The Labute approximate surface area is 169 Å². The van der Waals surface area contributed by atoms with Crippen molar-refractivity contribution in [2.24, 2.45) is 0 Å². The molecule has 0 aliphatic heterocycles. The number of nitrogens with zero attached hydrogens (tertiary/aromatic N) is 1. The smallest absolute Gasteiger partial charge is 0.287 e. The molecule has 0 unspecified atom stereocenters. The number of rotatable bonds is 8. The lowest BCUT2D eigenvalue weighted by atomic mass is 10.2. The maximum absolute atomic E-state index is 12.6.